The molecule has 0 spiro atoms. The first-order valence-corrected chi connectivity index (χ1v) is 11.4. The molecule has 8 nitrogen and oxygen atoms in total. The van der Waals surface area contributed by atoms with Crippen LogP contribution in [0.3, 0.4) is 0 Å². The predicted molar refractivity (Wildman–Crippen MR) is 114 cm³/mol. The number of likely N-dealkylation sites (tertiary alicyclic amines) is 1. The number of nitriles is 1. The number of piperidine rings is 1. The molecule has 2 aliphatic heterocycles. The molecule has 29 heavy (non-hydrogen) atoms. The molecule has 2 unspecified atom stereocenters. The van der Waals surface area contributed by atoms with Crippen molar-refractivity contribution in [3.05, 3.63) is 29.3 Å². The van der Waals surface area contributed by atoms with Crippen molar-refractivity contribution < 1.29 is 9.42 Å². The SMILES string of the molecule is CCC1SCC(C#N)N1n1on1C1CCN(CC(=O)Nc2ccc(Cl)cc2)CC1. The van der Waals surface area contributed by atoms with Crippen molar-refractivity contribution in [2.24, 2.45) is 0 Å². The summed E-state index contributed by atoms with van der Waals surface area (Å²) in [5.41, 5.74) is 0.753. The Bertz CT molecular complexity index is 861. The highest BCUT2D eigenvalue weighted by Gasteiger charge is 2.40. The van der Waals surface area contributed by atoms with Gasteiger partial charge in [0.15, 0.2) is 0 Å². The molecule has 0 bridgehead atoms. The van der Waals surface area contributed by atoms with Gasteiger partial charge in [-0.15, -0.1) is 11.8 Å². The van der Waals surface area contributed by atoms with Crippen LogP contribution < -0.4 is 10.3 Å². The molecular formula is C19H25ClN6O2S. The highest BCUT2D eigenvalue weighted by Crippen LogP contribution is 2.33. The number of rotatable bonds is 6. The van der Waals surface area contributed by atoms with Crippen LogP contribution in [0.15, 0.2) is 28.9 Å². The van der Waals surface area contributed by atoms with E-state index in [4.69, 9.17) is 16.2 Å². The minimum absolute atomic E-state index is 0.0212. The first kappa shape index (κ1) is 20.3. The van der Waals surface area contributed by atoms with Crippen LogP contribution in [0.1, 0.15) is 32.2 Å². The Morgan fingerprint density at radius 1 is 1.34 bits per heavy atom. The molecule has 4 rings (SSSR count). The fourth-order valence-corrected chi connectivity index (χ4v) is 5.20. The van der Waals surface area contributed by atoms with Crippen LogP contribution >= 0.6 is 23.4 Å². The Morgan fingerprint density at radius 2 is 2.07 bits per heavy atom. The van der Waals surface area contributed by atoms with Crippen LogP contribution in [-0.2, 0) is 4.79 Å². The molecule has 1 amide bonds. The highest BCUT2D eigenvalue weighted by atomic mass is 35.5. The first-order valence-electron chi connectivity index (χ1n) is 9.93. The van der Waals surface area contributed by atoms with E-state index in [2.05, 4.69) is 28.2 Å². The molecular weight excluding hydrogens is 412 g/mol. The van der Waals surface area contributed by atoms with Gasteiger partial charge < -0.3 is 5.32 Å². The van der Waals surface area contributed by atoms with E-state index in [1.54, 1.807) is 41.0 Å². The average molecular weight is 437 g/mol. The monoisotopic (exact) mass is 436 g/mol. The number of nitrogens with one attached hydrogen (secondary N) is 1. The topological polar surface area (TPSA) is 82.4 Å². The summed E-state index contributed by atoms with van der Waals surface area (Å²) in [6.07, 6.45) is 2.80. The summed E-state index contributed by atoms with van der Waals surface area (Å²) < 4.78 is 5.73. The van der Waals surface area contributed by atoms with Gasteiger partial charge in [0.05, 0.1) is 24.0 Å². The maximum Gasteiger partial charge on any atom is 0.238 e. The molecule has 156 valence electrons. The van der Waals surface area contributed by atoms with E-state index >= 15 is 0 Å². The van der Waals surface area contributed by atoms with Crippen molar-refractivity contribution in [1.82, 2.24) is 14.7 Å². The average Bonchev–Trinajstić information content (AvgIpc) is 3.40. The lowest BCUT2D eigenvalue weighted by molar-refractivity contribution is -0.117. The van der Waals surface area contributed by atoms with Gasteiger partial charge in [0.1, 0.15) is 6.04 Å². The molecule has 0 aliphatic carbocycles. The van der Waals surface area contributed by atoms with Crippen molar-refractivity contribution in [3.63, 3.8) is 0 Å². The summed E-state index contributed by atoms with van der Waals surface area (Å²) in [7, 11) is 0. The van der Waals surface area contributed by atoms with Gasteiger partial charge in [-0.1, -0.05) is 23.4 Å². The van der Waals surface area contributed by atoms with Gasteiger partial charge in [0.2, 0.25) is 5.91 Å². The molecule has 10 heteroatoms. The van der Waals surface area contributed by atoms with E-state index in [0.29, 0.717) is 11.6 Å². The molecule has 2 fully saturated rings. The first-order chi connectivity index (χ1) is 14.1. The van der Waals surface area contributed by atoms with Gasteiger partial charge in [-0.2, -0.15) is 5.26 Å². The number of hydrogen-bond donors (Lipinski definition) is 1. The van der Waals surface area contributed by atoms with Crippen LogP contribution in [-0.4, -0.2) is 57.4 Å². The number of benzene rings is 1. The summed E-state index contributed by atoms with van der Waals surface area (Å²) in [5, 5.41) is 15.3. The van der Waals surface area contributed by atoms with Crippen LogP contribution in [0, 0.1) is 11.3 Å². The van der Waals surface area contributed by atoms with Gasteiger partial charge in [0, 0.05) is 34.5 Å². The molecule has 0 radical (unpaired) electrons. The highest BCUT2D eigenvalue weighted by molar-refractivity contribution is 8.00. The summed E-state index contributed by atoms with van der Waals surface area (Å²) in [5.74, 6) is 0.788. The van der Waals surface area contributed by atoms with E-state index < -0.39 is 0 Å². The summed E-state index contributed by atoms with van der Waals surface area (Å²) >= 11 is 7.68. The second-order valence-electron chi connectivity index (χ2n) is 7.42. The lowest BCUT2D eigenvalue weighted by atomic mass is 10.1. The Hall–Kier alpha value is -2.02. The summed E-state index contributed by atoms with van der Waals surface area (Å²) in [4.78, 5) is 18.1. The number of anilines is 1. The van der Waals surface area contributed by atoms with Crippen molar-refractivity contribution >= 4 is 35.0 Å². The summed E-state index contributed by atoms with van der Waals surface area (Å²) in [6.45, 7) is 4.17. The third kappa shape index (κ3) is 4.60. The molecule has 2 atom stereocenters. The normalized spacial score (nSPS) is 23.4. The van der Waals surface area contributed by atoms with Crippen LogP contribution in [0.2, 0.25) is 5.02 Å². The lowest BCUT2D eigenvalue weighted by Gasteiger charge is -2.29. The standard InChI is InChI=1S/C19H25ClN6O2S/c1-2-19-24(17(11-21)13-29-19)26-25(28-26)16-7-9-23(10-8-16)12-18(27)22-15-5-3-14(20)4-6-15/h3-6,16-17,19H,2,7-10,12-13H2,1H3,(H,22,27). The van der Waals surface area contributed by atoms with Gasteiger partial charge in [-0.05, 0) is 43.5 Å². The number of nitrogens with zero attached hydrogens (tertiary/aromatic N) is 5. The smallest absolute Gasteiger partial charge is 0.238 e. The molecule has 2 saturated heterocycles. The fraction of sp³-hybridized carbons (Fsp3) is 0.579. The molecule has 1 N–H and O–H groups in total. The van der Waals surface area contributed by atoms with Crippen molar-refractivity contribution in [2.45, 2.75) is 43.6 Å². The quantitative estimate of drug-likeness (QED) is 0.749. The summed E-state index contributed by atoms with van der Waals surface area (Å²) in [6, 6.07) is 9.62. The van der Waals surface area contributed by atoms with Crippen LogP contribution in [0.5, 0.6) is 0 Å². The molecule has 2 aliphatic rings. The van der Waals surface area contributed by atoms with Crippen molar-refractivity contribution in [2.75, 3.05) is 35.7 Å². The molecule has 3 heterocycles. The lowest BCUT2D eigenvalue weighted by Crippen LogP contribution is -2.43. The van der Waals surface area contributed by atoms with E-state index in [9.17, 15) is 10.1 Å². The van der Waals surface area contributed by atoms with E-state index in [1.807, 2.05) is 4.85 Å². The molecule has 0 saturated carbocycles. The minimum Gasteiger partial charge on any atom is -0.325 e. The van der Waals surface area contributed by atoms with Gasteiger partial charge in [-0.25, -0.2) is 9.64 Å². The van der Waals surface area contributed by atoms with E-state index in [-0.39, 0.29) is 23.4 Å². The number of hydrogen-bond acceptors (Lipinski definition) is 6. The van der Waals surface area contributed by atoms with Crippen molar-refractivity contribution in [3.8, 4) is 6.07 Å². The van der Waals surface area contributed by atoms with Gasteiger partial charge >= 0.3 is 0 Å². The Balaban J connectivity index is 1.26. The third-order valence-corrected chi connectivity index (χ3v) is 7.12. The van der Waals surface area contributed by atoms with E-state index in [0.717, 1.165) is 43.8 Å². The zero-order valence-electron chi connectivity index (χ0n) is 16.3. The maximum atomic E-state index is 12.3. The third-order valence-electron chi connectivity index (χ3n) is 5.42. The number of halogens is 1. The number of carbonyl (C=O) groups excluding carboxylic acids is 1. The minimum atomic E-state index is -0.147. The van der Waals surface area contributed by atoms with Crippen molar-refractivity contribution in [1.29, 1.82) is 5.26 Å². The number of thioether (sulfide) groups is 1. The van der Waals surface area contributed by atoms with E-state index in [1.165, 1.54) is 0 Å². The van der Waals surface area contributed by atoms with Crippen LogP contribution in [0.25, 0.3) is 0 Å². The Labute approximate surface area is 179 Å². The number of aromatic nitrogens is 2. The number of carbonyl (C=O) groups is 1. The molecule has 1 aromatic carbocycles. The number of amides is 1. The zero-order valence-corrected chi connectivity index (χ0v) is 17.9. The molecule has 1 aromatic heterocycles. The second-order valence-corrected chi connectivity index (χ2v) is 9.07. The molecule has 2 aromatic rings. The van der Waals surface area contributed by atoms with Crippen LogP contribution in [0.4, 0.5) is 5.69 Å². The second kappa shape index (κ2) is 8.78. The Kier molecular flexibility index (Phi) is 6.13. The largest absolute Gasteiger partial charge is 0.325 e. The zero-order chi connectivity index (χ0) is 20.4. The van der Waals surface area contributed by atoms with Gasteiger partial charge in [-0.3, -0.25) is 9.69 Å². The fourth-order valence-electron chi connectivity index (χ4n) is 3.83. The van der Waals surface area contributed by atoms with Gasteiger partial charge in [0.25, 0.3) is 0 Å². The maximum absolute atomic E-state index is 12.3. The Morgan fingerprint density at radius 3 is 2.72 bits per heavy atom. The predicted octanol–water partition coefficient (Wildman–Crippen LogP) is 3.12.